The Morgan fingerprint density at radius 1 is 1.18 bits per heavy atom. The number of allylic oxidation sites excluding steroid dienone is 2. The van der Waals surface area contributed by atoms with Crippen molar-refractivity contribution < 1.29 is 4.39 Å². The molecule has 2 aromatic carbocycles. The molecule has 0 amide bonds. The molecule has 0 aliphatic heterocycles. The fourth-order valence-electron chi connectivity index (χ4n) is 2.02. The van der Waals surface area contributed by atoms with Gasteiger partial charge in [0.05, 0.1) is 0 Å². The van der Waals surface area contributed by atoms with Gasteiger partial charge in [-0.2, -0.15) is 0 Å². The zero-order valence-corrected chi connectivity index (χ0v) is 10.3. The maximum atomic E-state index is 13.8. The van der Waals surface area contributed by atoms with Gasteiger partial charge < -0.3 is 0 Å². The number of halogens is 1. The Kier molecular flexibility index (Phi) is 3.58. The number of hydrogen-bond donors (Lipinski definition) is 0. The third-order valence-corrected chi connectivity index (χ3v) is 3.05. The van der Waals surface area contributed by atoms with Gasteiger partial charge in [-0.3, -0.25) is 0 Å². The lowest BCUT2D eigenvalue weighted by Crippen LogP contribution is -1.88. The topological polar surface area (TPSA) is 0 Å². The molecule has 0 saturated heterocycles. The van der Waals surface area contributed by atoms with Gasteiger partial charge >= 0.3 is 0 Å². The average Bonchev–Trinajstić information content (AvgIpc) is 2.34. The minimum Gasteiger partial charge on any atom is -0.206 e. The molecule has 0 spiro atoms. The number of benzene rings is 2. The number of aryl methyl sites for hydroxylation is 2. The number of rotatable bonds is 3. The zero-order chi connectivity index (χ0) is 12.3. The molecule has 0 nitrogen and oxygen atoms in total. The van der Waals surface area contributed by atoms with Crippen molar-refractivity contribution in [3.8, 4) is 0 Å². The van der Waals surface area contributed by atoms with Crippen LogP contribution in [0.3, 0.4) is 0 Å². The lowest BCUT2D eigenvalue weighted by molar-refractivity contribution is 0.630. The van der Waals surface area contributed by atoms with Gasteiger partial charge in [-0.1, -0.05) is 42.5 Å². The van der Waals surface area contributed by atoms with Gasteiger partial charge in [0.25, 0.3) is 0 Å². The van der Waals surface area contributed by atoms with E-state index in [4.69, 9.17) is 0 Å². The summed E-state index contributed by atoms with van der Waals surface area (Å²) in [6.07, 6.45) is 6.26. The Bertz CT molecular complexity index is 553. The first-order valence-electron chi connectivity index (χ1n) is 6.01. The van der Waals surface area contributed by atoms with Crippen LogP contribution in [0.5, 0.6) is 0 Å². The van der Waals surface area contributed by atoms with Gasteiger partial charge in [-0.15, -0.1) is 0 Å². The second-order valence-electron chi connectivity index (χ2n) is 4.36. The van der Waals surface area contributed by atoms with Crippen molar-refractivity contribution in [2.24, 2.45) is 0 Å². The third kappa shape index (κ3) is 2.55. The summed E-state index contributed by atoms with van der Waals surface area (Å²) >= 11 is 0. The Hall–Kier alpha value is -1.63. The van der Waals surface area contributed by atoms with Gasteiger partial charge in [-0.05, 0) is 43.2 Å². The summed E-state index contributed by atoms with van der Waals surface area (Å²) < 4.78 is 13.8. The predicted octanol–water partition coefficient (Wildman–Crippen LogP) is 4.80. The van der Waals surface area contributed by atoms with Crippen molar-refractivity contribution in [1.82, 2.24) is 0 Å². The van der Waals surface area contributed by atoms with Crippen LogP contribution in [-0.4, -0.2) is 0 Å². The van der Waals surface area contributed by atoms with Crippen LogP contribution in [0.15, 0.2) is 42.5 Å². The van der Waals surface area contributed by atoms with Gasteiger partial charge in [0, 0.05) is 5.39 Å². The minimum atomic E-state index is -0.0949. The normalized spacial score (nSPS) is 11.5. The first-order chi connectivity index (χ1) is 8.22. The Labute approximate surface area is 102 Å². The molecule has 88 valence electrons. The number of fused-ring (bicyclic) bond motifs is 1. The van der Waals surface area contributed by atoms with Crippen molar-refractivity contribution in [3.05, 3.63) is 59.4 Å². The lowest BCUT2D eigenvalue weighted by Gasteiger charge is -2.05. The van der Waals surface area contributed by atoms with Crippen LogP contribution in [0.4, 0.5) is 4.39 Å². The largest absolute Gasteiger partial charge is 0.206 e. The Balaban J connectivity index is 2.35. The van der Waals surface area contributed by atoms with E-state index < -0.39 is 0 Å². The van der Waals surface area contributed by atoms with Crippen LogP contribution in [0, 0.1) is 12.7 Å². The molecular weight excluding hydrogens is 211 g/mol. The minimum absolute atomic E-state index is 0.0949. The van der Waals surface area contributed by atoms with E-state index in [1.165, 1.54) is 5.56 Å². The fraction of sp³-hybridized carbons (Fsp3) is 0.250. The summed E-state index contributed by atoms with van der Waals surface area (Å²) in [5, 5.41) is 1.71. The molecule has 0 bridgehead atoms. The molecule has 0 atom stereocenters. The average molecular weight is 228 g/mol. The highest BCUT2D eigenvalue weighted by atomic mass is 19.1. The molecule has 2 rings (SSSR count). The van der Waals surface area contributed by atoms with E-state index in [9.17, 15) is 4.39 Å². The van der Waals surface area contributed by atoms with E-state index >= 15 is 0 Å². The molecule has 0 saturated carbocycles. The lowest BCUT2D eigenvalue weighted by atomic mass is 10.0. The standard InChI is InChI=1S/C16H17F/c1-3-4-5-6-13-8-10-15-14(11-13)9-7-12(2)16(15)17/h3-4,7-11H,5-6H2,1-2H3/b4-3+. The molecule has 2 aromatic rings. The first-order valence-corrected chi connectivity index (χ1v) is 6.01. The predicted molar refractivity (Wildman–Crippen MR) is 71.8 cm³/mol. The maximum absolute atomic E-state index is 13.8. The van der Waals surface area contributed by atoms with Crippen molar-refractivity contribution in [2.75, 3.05) is 0 Å². The van der Waals surface area contributed by atoms with Gasteiger partial charge in [0.15, 0.2) is 0 Å². The maximum Gasteiger partial charge on any atom is 0.133 e. The quantitative estimate of drug-likeness (QED) is 0.662. The highest BCUT2D eigenvalue weighted by molar-refractivity contribution is 5.84. The Morgan fingerprint density at radius 2 is 2.00 bits per heavy atom. The van der Waals surface area contributed by atoms with E-state index in [-0.39, 0.29) is 5.82 Å². The summed E-state index contributed by atoms with van der Waals surface area (Å²) in [5.74, 6) is -0.0949. The second-order valence-corrected chi connectivity index (χ2v) is 4.36. The van der Waals surface area contributed by atoms with Crippen molar-refractivity contribution in [3.63, 3.8) is 0 Å². The van der Waals surface area contributed by atoms with Crippen LogP contribution >= 0.6 is 0 Å². The van der Waals surface area contributed by atoms with Crippen molar-refractivity contribution in [1.29, 1.82) is 0 Å². The van der Waals surface area contributed by atoms with Crippen molar-refractivity contribution in [2.45, 2.75) is 26.7 Å². The summed E-state index contributed by atoms with van der Waals surface area (Å²) in [7, 11) is 0. The van der Waals surface area contributed by atoms with Gasteiger partial charge in [0.2, 0.25) is 0 Å². The zero-order valence-electron chi connectivity index (χ0n) is 10.3. The highest BCUT2D eigenvalue weighted by Crippen LogP contribution is 2.22. The smallest absolute Gasteiger partial charge is 0.133 e. The molecule has 0 fully saturated rings. The SMILES string of the molecule is C/C=C/CCc1ccc2c(F)c(C)ccc2c1. The van der Waals surface area contributed by atoms with Crippen LogP contribution in [0.2, 0.25) is 0 Å². The van der Waals surface area contributed by atoms with Crippen LogP contribution < -0.4 is 0 Å². The molecule has 0 aliphatic carbocycles. The van der Waals surface area contributed by atoms with E-state index in [2.05, 4.69) is 18.2 Å². The summed E-state index contributed by atoms with van der Waals surface area (Å²) in [5.41, 5.74) is 1.97. The van der Waals surface area contributed by atoms with E-state index in [0.717, 1.165) is 23.6 Å². The Morgan fingerprint density at radius 3 is 2.76 bits per heavy atom. The third-order valence-electron chi connectivity index (χ3n) is 3.05. The van der Waals surface area contributed by atoms with E-state index in [1.54, 1.807) is 6.92 Å². The van der Waals surface area contributed by atoms with E-state index in [0.29, 0.717) is 5.56 Å². The first kappa shape index (κ1) is 11.8. The molecule has 17 heavy (non-hydrogen) atoms. The highest BCUT2D eigenvalue weighted by Gasteiger charge is 2.04. The summed E-state index contributed by atoms with van der Waals surface area (Å²) in [6, 6.07) is 9.83. The van der Waals surface area contributed by atoms with Crippen LogP contribution in [0.25, 0.3) is 10.8 Å². The number of hydrogen-bond acceptors (Lipinski definition) is 0. The monoisotopic (exact) mass is 228 g/mol. The van der Waals surface area contributed by atoms with Crippen LogP contribution in [-0.2, 0) is 6.42 Å². The van der Waals surface area contributed by atoms with E-state index in [1.807, 2.05) is 31.2 Å². The molecule has 0 unspecified atom stereocenters. The van der Waals surface area contributed by atoms with Crippen LogP contribution in [0.1, 0.15) is 24.5 Å². The molecule has 0 N–H and O–H groups in total. The second kappa shape index (κ2) is 5.13. The van der Waals surface area contributed by atoms with Gasteiger partial charge in [-0.25, -0.2) is 4.39 Å². The summed E-state index contributed by atoms with van der Waals surface area (Å²) in [4.78, 5) is 0. The van der Waals surface area contributed by atoms with Gasteiger partial charge in [0.1, 0.15) is 5.82 Å². The fourth-order valence-corrected chi connectivity index (χ4v) is 2.02. The molecular formula is C16H17F. The molecule has 0 heterocycles. The summed E-state index contributed by atoms with van der Waals surface area (Å²) in [6.45, 7) is 3.83. The van der Waals surface area contributed by atoms with Crippen molar-refractivity contribution >= 4 is 10.8 Å². The molecule has 0 aliphatic rings. The molecule has 0 aromatic heterocycles. The molecule has 1 heteroatoms. The molecule has 0 radical (unpaired) electrons.